The van der Waals surface area contributed by atoms with Crippen LogP contribution in [0.1, 0.15) is 25.3 Å². The fraction of sp³-hybridized carbons (Fsp3) is 0.611. The number of amidine groups is 1. The van der Waals surface area contributed by atoms with Crippen molar-refractivity contribution in [2.75, 3.05) is 6.54 Å². The van der Waals surface area contributed by atoms with Crippen LogP contribution in [0.2, 0.25) is 0 Å². The average Bonchev–Trinajstić information content (AvgIpc) is 3.02. The molecule has 0 unspecified atom stereocenters. The van der Waals surface area contributed by atoms with E-state index in [-0.39, 0.29) is 5.44 Å². The van der Waals surface area contributed by atoms with E-state index in [9.17, 15) is 15.3 Å². The standard InChI is InChI=1S/C18H26N2O4S/c1-2-19-18-20-13-14(22)15(23)16(24-17(13)25-18)12(21)10-6-9-11-7-4-3-5-8-11/h3-5,7-8,12-17,21-23H,2,6,9-10H2,1H3,(H,19,20)/t12-,13-,14-,15+,16-,17-/m1/s1. The van der Waals surface area contributed by atoms with Gasteiger partial charge < -0.3 is 25.4 Å². The third-order valence-corrected chi connectivity index (χ3v) is 5.71. The van der Waals surface area contributed by atoms with E-state index in [0.29, 0.717) is 11.6 Å². The zero-order valence-corrected chi connectivity index (χ0v) is 15.1. The monoisotopic (exact) mass is 366 g/mol. The van der Waals surface area contributed by atoms with E-state index in [1.54, 1.807) is 0 Å². The summed E-state index contributed by atoms with van der Waals surface area (Å²) < 4.78 is 5.88. The largest absolute Gasteiger partial charge is 0.390 e. The predicted molar refractivity (Wildman–Crippen MR) is 98.6 cm³/mol. The number of benzene rings is 1. The Bertz CT molecular complexity index is 586. The quantitative estimate of drug-likeness (QED) is 0.598. The van der Waals surface area contributed by atoms with Gasteiger partial charge in [-0.25, -0.2) is 0 Å². The van der Waals surface area contributed by atoms with Gasteiger partial charge in [-0.2, -0.15) is 0 Å². The van der Waals surface area contributed by atoms with Gasteiger partial charge in [-0.15, -0.1) is 0 Å². The van der Waals surface area contributed by atoms with Crippen LogP contribution < -0.4 is 5.32 Å². The number of thioether (sulfide) groups is 1. The van der Waals surface area contributed by atoms with Crippen LogP contribution in [-0.4, -0.2) is 62.9 Å². The number of aliphatic hydroxyl groups excluding tert-OH is 3. The zero-order valence-electron chi connectivity index (χ0n) is 14.3. The summed E-state index contributed by atoms with van der Waals surface area (Å²) in [6, 6.07) is 9.58. The van der Waals surface area contributed by atoms with Crippen LogP contribution in [-0.2, 0) is 11.2 Å². The lowest BCUT2D eigenvalue weighted by atomic mass is 9.92. The minimum Gasteiger partial charge on any atom is -0.390 e. The number of nitrogens with one attached hydrogen (secondary N) is 1. The fourth-order valence-corrected chi connectivity index (χ4v) is 4.44. The van der Waals surface area contributed by atoms with E-state index in [2.05, 4.69) is 22.4 Å². The van der Waals surface area contributed by atoms with Gasteiger partial charge in [0.25, 0.3) is 0 Å². The molecule has 0 saturated carbocycles. The summed E-state index contributed by atoms with van der Waals surface area (Å²) in [5.41, 5.74) is 0.844. The van der Waals surface area contributed by atoms with Crippen molar-refractivity contribution in [3.8, 4) is 0 Å². The first kappa shape index (κ1) is 18.7. The van der Waals surface area contributed by atoms with Crippen LogP contribution in [0.4, 0.5) is 0 Å². The smallest absolute Gasteiger partial charge is 0.159 e. The highest BCUT2D eigenvalue weighted by Crippen LogP contribution is 2.37. The van der Waals surface area contributed by atoms with Crippen LogP contribution in [0.15, 0.2) is 35.3 Å². The van der Waals surface area contributed by atoms with Crippen LogP contribution in [0.3, 0.4) is 0 Å². The van der Waals surface area contributed by atoms with E-state index in [1.807, 2.05) is 25.1 Å². The summed E-state index contributed by atoms with van der Waals surface area (Å²) in [4.78, 5) is 4.38. The Morgan fingerprint density at radius 3 is 2.72 bits per heavy atom. The third-order valence-electron chi connectivity index (χ3n) is 4.62. The normalized spacial score (nSPS) is 32.8. The molecule has 0 aliphatic carbocycles. The second-order valence-electron chi connectivity index (χ2n) is 6.47. The highest BCUT2D eigenvalue weighted by molar-refractivity contribution is 8.14. The molecule has 0 bridgehead atoms. The molecule has 1 aromatic carbocycles. The molecule has 0 aromatic heterocycles. The molecule has 1 aromatic rings. The Morgan fingerprint density at radius 1 is 1.24 bits per heavy atom. The molecular formula is C18H26N2O4S. The van der Waals surface area contributed by atoms with Crippen molar-refractivity contribution in [2.45, 2.75) is 62.1 Å². The van der Waals surface area contributed by atoms with Gasteiger partial charge in [0.2, 0.25) is 0 Å². The van der Waals surface area contributed by atoms with Crippen molar-refractivity contribution in [1.82, 2.24) is 5.32 Å². The molecule has 25 heavy (non-hydrogen) atoms. The van der Waals surface area contributed by atoms with Gasteiger partial charge in [-0.1, -0.05) is 42.1 Å². The highest BCUT2D eigenvalue weighted by Gasteiger charge is 2.49. The van der Waals surface area contributed by atoms with E-state index < -0.39 is 30.5 Å². The van der Waals surface area contributed by atoms with E-state index >= 15 is 0 Å². The average molecular weight is 366 g/mol. The van der Waals surface area contributed by atoms with Crippen LogP contribution in [0.25, 0.3) is 0 Å². The molecule has 0 radical (unpaired) electrons. The molecule has 0 spiro atoms. The summed E-state index contributed by atoms with van der Waals surface area (Å²) >= 11 is 1.40. The SMILES string of the molecule is CCNC1=N[C@@H]2[C@@H](O)[C@H](O)[C@@H]([C@H](O)CCCc3ccccc3)O[C@@H]2S1. The summed E-state index contributed by atoms with van der Waals surface area (Å²) in [5.74, 6) is 0. The van der Waals surface area contributed by atoms with Crippen LogP contribution in [0.5, 0.6) is 0 Å². The molecule has 138 valence electrons. The molecule has 4 N–H and O–H groups in total. The number of aliphatic imine (C=N–C) groups is 1. The molecule has 2 heterocycles. The first-order chi connectivity index (χ1) is 12.1. The Hall–Kier alpha value is -1.12. The lowest BCUT2D eigenvalue weighted by molar-refractivity contribution is -0.185. The Kier molecular flexibility index (Phi) is 6.35. The van der Waals surface area contributed by atoms with Crippen LogP contribution in [0, 0.1) is 0 Å². The number of rotatable bonds is 6. The summed E-state index contributed by atoms with van der Waals surface area (Å²) in [5, 5.41) is 35.0. The molecule has 7 heteroatoms. The Labute approximate surface area is 152 Å². The second kappa shape index (κ2) is 8.51. The lowest BCUT2D eigenvalue weighted by Crippen LogP contribution is -2.58. The maximum Gasteiger partial charge on any atom is 0.159 e. The highest BCUT2D eigenvalue weighted by atomic mass is 32.2. The molecule has 1 fully saturated rings. The molecular weight excluding hydrogens is 340 g/mol. The molecule has 2 aliphatic rings. The third kappa shape index (κ3) is 4.35. The summed E-state index contributed by atoms with van der Waals surface area (Å²) in [6.07, 6.45) is -1.64. The van der Waals surface area contributed by atoms with Crippen molar-refractivity contribution in [3.63, 3.8) is 0 Å². The molecule has 3 rings (SSSR count). The maximum atomic E-state index is 10.5. The topological polar surface area (TPSA) is 94.3 Å². The van der Waals surface area contributed by atoms with Crippen molar-refractivity contribution in [2.24, 2.45) is 4.99 Å². The van der Waals surface area contributed by atoms with E-state index in [4.69, 9.17) is 4.74 Å². The number of ether oxygens (including phenoxy) is 1. The number of aryl methyl sites for hydroxylation is 1. The number of hydrogen-bond acceptors (Lipinski definition) is 7. The Morgan fingerprint density at radius 2 is 2.00 bits per heavy atom. The summed E-state index contributed by atoms with van der Waals surface area (Å²) in [6.45, 7) is 2.70. The van der Waals surface area contributed by atoms with Crippen molar-refractivity contribution < 1.29 is 20.1 Å². The lowest BCUT2D eigenvalue weighted by Gasteiger charge is -2.40. The van der Waals surface area contributed by atoms with Gasteiger partial charge in [0, 0.05) is 6.54 Å². The fourth-order valence-electron chi connectivity index (χ4n) is 3.26. The minimum atomic E-state index is -1.14. The van der Waals surface area contributed by atoms with Gasteiger partial charge in [0.05, 0.1) is 6.10 Å². The molecule has 1 saturated heterocycles. The first-order valence-electron chi connectivity index (χ1n) is 8.82. The number of hydrogen-bond donors (Lipinski definition) is 4. The zero-order chi connectivity index (χ0) is 17.8. The van der Waals surface area contributed by atoms with Gasteiger partial charge in [0.15, 0.2) is 5.17 Å². The second-order valence-corrected chi connectivity index (χ2v) is 7.56. The predicted octanol–water partition coefficient (Wildman–Crippen LogP) is 0.898. The maximum absolute atomic E-state index is 10.5. The first-order valence-corrected chi connectivity index (χ1v) is 9.70. The van der Waals surface area contributed by atoms with Gasteiger partial charge in [0.1, 0.15) is 29.8 Å². The van der Waals surface area contributed by atoms with E-state index in [0.717, 1.165) is 19.4 Å². The molecule has 2 aliphatic heterocycles. The van der Waals surface area contributed by atoms with Crippen LogP contribution >= 0.6 is 11.8 Å². The van der Waals surface area contributed by atoms with Gasteiger partial charge >= 0.3 is 0 Å². The number of nitrogens with zero attached hydrogens (tertiary/aromatic N) is 1. The number of fused-ring (bicyclic) bond motifs is 1. The van der Waals surface area contributed by atoms with Crippen molar-refractivity contribution in [3.05, 3.63) is 35.9 Å². The Balaban J connectivity index is 1.54. The van der Waals surface area contributed by atoms with Crippen molar-refractivity contribution >= 4 is 16.9 Å². The minimum absolute atomic E-state index is 0.374. The van der Waals surface area contributed by atoms with Crippen molar-refractivity contribution in [1.29, 1.82) is 0 Å². The van der Waals surface area contributed by atoms with Gasteiger partial charge in [-0.3, -0.25) is 4.99 Å². The molecule has 6 atom stereocenters. The van der Waals surface area contributed by atoms with E-state index in [1.165, 1.54) is 17.3 Å². The number of aliphatic hydroxyl groups is 3. The summed E-state index contributed by atoms with van der Waals surface area (Å²) in [7, 11) is 0. The molecule has 6 nitrogen and oxygen atoms in total. The molecule has 0 amide bonds. The van der Waals surface area contributed by atoms with Gasteiger partial charge in [-0.05, 0) is 31.7 Å².